The minimum absolute atomic E-state index is 0.00884. The molecule has 10 heteroatoms. The Labute approximate surface area is 195 Å². The summed E-state index contributed by atoms with van der Waals surface area (Å²) in [5.74, 6) is -0.463. The first-order valence-electron chi connectivity index (χ1n) is 12.8. The van der Waals surface area contributed by atoms with E-state index in [0.29, 0.717) is 26.1 Å². The van der Waals surface area contributed by atoms with E-state index in [1.54, 1.807) is 9.80 Å². The second kappa shape index (κ2) is 11.2. The SMILES string of the molecule is O=C1NCCC[C@@H]1NC(=O)[C@H]1CN(C(=O)C2CC[NH2+]CC2)CCN1C(=O)NC1CCCCC1. The van der Waals surface area contributed by atoms with Crippen LogP contribution in [0.2, 0.25) is 0 Å². The first kappa shape index (κ1) is 23.8. The number of nitrogens with one attached hydrogen (secondary N) is 3. The summed E-state index contributed by atoms with van der Waals surface area (Å²) in [5.41, 5.74) is 0. The first-order chi connectivity index (χ1) is 16.0. The lowest BCUT2D eigenvalue weighted by Crippen LogP contribution is -2.86. The largest absolute Gasteiger partial charge is 0.354 e. The second-order valence-corrected chi connectivity index (χ2v) is 9.91. The number of piperazine rings is 1. The smallest absolute Gasteiger partial charge is 0.318 e. The van der Waals surface area contributed by atoms with Crippen molar-refractivity contribution in [3.8, 4) is 0 Å². The fourth-order valence-electron chi connectivity index (χ4n) is 5.56. The van der Waals surface area contributed by atoms with Crippen LogP contribution in [0.5, 0.6) is 0 Å². The summed E-state index contributed by atoms with van der Waals surface area (Å²) in [7, 11) is 0. The van der Waals surface area contributed by atoms with Gasteiger partial charge in [0, 0.05) is 44.4 Å². The van der Waals surface area contributed by atoms with Gasteiger partial charge in [0.2, 0.25) is 17.7 Å². The van der Waals surface area contributed by atoms with Gasteiger partial charge in [-0.05, 0) is 25.7 Å². The van der Waals surface area contributed by atoms with Gasteiger partial charge in [0.05, 0.1) is 19.6 Å². The van der Waals surface area contributed by atoms with Crippen LogP contribution in [0.3, 0.4) is 0 Å². The van der Waals surface area contributed by atoms with E-state index in [-0.39, 0.29) is 42.3 Å². The Morgan fingerprint density at radius 2 is 1.67 bits per heavy atom. The van der Waals surface area contributed by atoms with E-state index in [2.05, 4.69) is 21.3 Å². The van der Waals surface area contributed by atoms with Crippen LogP contribution in [-0.4, -0.2) is 90.9 Å². The summed E-state index contributed by atoms with van der Waals surface area (Å²) in [4.78, 5) is 55.1. The number of nitrogens with zero attached hydrogens (tertiary/aromatic N) is 2. The predicted molar refractivity (Wildman–Crippen MR) is 121 cm³/mol. The van der Waals surface area contributed by atoms with Gasteiger partial charge in [-0.2, -0.15) is 0 Å². The molecule has 0 bridgehead atoms. The molecule has 4 fully saturated rings. The molecule has 3 saturated heterocycles. The van der Waals surface area contributed by atoms with Crippen molar-refractivity contribution in [2.75, 3.05) is 39.3 Å². The standard InChI is InChI=1S/C23H38N6O4/c30-20-18(7-4-10-25-20)27-21(31)19-15-28(22(32)16-8-11-24-12-9-16)13-14-29(19)23(33)26-17-5-2-1-3-6-17/h16-19,24H,1-15H2,(H,25,30)(H,26,33)(H,27,31)/p+1/t18-,19+/m0/s1. The summed E-state index contributed by atoms with van der Waals surface area (Å²) < 4.78 is 0. The molecule has 5 N–H and O–H groups in total. The Hall–Kier alpha value is -2.36. The van der Waals surface area contributed by atoms with Crippen molar-refractivity contribution < 1.29 is 24.5 Å². The molecule has 1 aliphatic carbocycles. The lowest BCUT2D eigenvalue weighted by Gasteiger charge is -2.42. The van der Waals surface area contributed by atoms with Crippen molar-refractivity contribution in [2.24, 2.45) is 5.92 Å². The van der Waals surface area contributed by atoms with Gasteiger partial charge in [-0.1, -0.05) is 19.3 Å². The number of nitrogens with two attached hydrogens (primary N) is 1. The van der Waals surface area contributed by atoms with E-state index >= 15 is 0 Å². The number of urea groups is 1. The maximum Gasteiger partial charge on any atom is 0.318 e. The maximum atomic E-state index is 13.3. The molecule has 0 unspecified atom stereocenters. The Morgan fingerprint density at radius 3 is 2.39 bits per heavy atom. The average Bonchev–Trinajstić information content (AvgIpc) is 2.85. The fourth-order valence-corrected chi connectivity index (χ4v) is 5.56. The molecule has 0 aromatic carbocycles. The second-order valence-electron chi connectivity index (χ2n) is 9.91. The Balaban J connectivity index is 1.44. The minimum Gasteiger partial charge on any atom is -0.354 e. The van der Waals surface area contributed by atoms with E-state index in [9.17, 15) is 19.2 Å². The summed E-state index contributed by atoms with van der Waals surface area (Å²) in [6, 6.07) is -1.49. The van der Waals surface area contributed by atoms with Gasteiger partial charge in [0.1, 0.15) is 12.1 Å². The van der Waals surface area contributed by atoms with Crippen LogP contribution in [0, 0.1) is 5.92 Å². The number of piperidine rings is 2. The van der Waals surface area contributed by atoms with Crippen molar-refractivity contribution >= 4 is 23.8 Å². The fraction of sp³-hybridized carbons (Fsp3) is 0.826. The number of hydrogen-bond donors (Lipinski definition) is 4. The van der Waals surface area contributed by atoms with Crippen LogP contribution < -0.4 is 21.3 Å². The number of carbonyl (C=O) groups is 4. The van der Waals surface area contributed by atoms with E-state index in [1.165, 1.54) is 6.42 Å². The number of amides is 5. The molecule has 33 heavy (non-hydrogen) atoms. The third-order valence-corrected chi connectivity index (χ3v) is 7.58. The van der Waals surface area contributed by atoms with E-state index in [4.69, 9.17) is 0 Å². The van der Waals surface area contributed by atoms with E-state index in [0.717, 1.165) is 58.0 Å². The molecule has 0 radical (unpaired) electrons. The molecular weight excluding hydrogens is 424 g/mol. The summed E-state index contributed by atoms with van der Waals surface area (Å²) >= 11 is 0. The molecule has 0 aromatic rings. The summed E-state index contributed by atoms with van der Waals surface area (Å²) in [6.45, 7) is 3.44. The topological polar surface area (TPSA) is 127 Å². The molecule has 4 rings (SSSR count). The quantitative estimate of drug-likeness (QED) is 0.422. The van der Waals surface area contributed by atoms with Crippen LogP contribution in [0.4, 0.5) is 4.79 Å². The normalized spacial score (nSPS) is 27.6. The predicted octanol–water partition coefficient (Wildman–Crippen LogP) is -1.09. The third-order valence-electron chi connectivity index (χ3n) is 7.58. The molecule has 2 atom stereocenters. The van der Waals surface area contributed by atoms with Gasteiger partial charge in [-0.15, -0.1) is 0 Å². The minimum atomic E-state index is -0.795. The Kier molecular flexibility index (Phi) is 8.06. The van der Waals surface area contributed by atoms with Crippen LogP contribution in [-0.2, 0) is 14.4 Å². The zero-order chi connectivity index (χ0) is 23.2. The van der Waals surface area contributed by atoms with Crippen molar-refractivity contribution in [2.45, 2.75) is 75.9 Å². The van der Waals surface area contributed by atoms with Gasteiger partial charge < -0.3 is 31.1 Å². The van der Waals surface area contributed by atoms with Crippen LogP contribution in [0.15, 0.2) is 0 Å². The zero-order valence-electron chi connectivity index (χ0n) is 19.5. The molecule has 10 nitrogen and oxygen atoms in total. The van der Waals surface area contributed by atoms with Crippen molar-refractivity contribution in [3.63, 3.8) is 0 Å². The highest BCUT2D eigenvalue weighted by Gasteiger charge is 2.40. The van der Waals surface area contributed by atoms with E-state index < -0.39 is 12.1 Å². The van der Waals surface area contributed by atoms with Gasteiger partial charge >= 0.3 is 6.03 Å². The molecule has 1 saturated carbocycles. The first-order valence-corrected chi connectivity index (χ1v) is 12.8. The molecule has 0 aromatic heterocycles. The molecule has 184 valence electrons. The van der Waals surface area contributed by atoms with Gasteiger partial charge in [0.25, 0.3) is 0 Å². The van der Waals surface area contributed by atoms with Crippen LogP contribution in [0.1, 0.15) is 57.8 Å². The van der Waals surface area contributed by atoms with Crippen molar-refractivity contribution in [3.05, 3.63) is 0 Å². The van der Waals surface area contributed by atoms with Crippen LogP contribution in [0.25, 0.3) is 0 Å². The number of carbonyl (C=O) groups excluding carboxylic acids is 4. The lowest BCUT2D eigenvalue weighted by atomic mass is 9.95. The maximum absolute atomic E-state index is 13.3. The highest BCUT2D eigenvalue weighted by molar-refractivity contribution is 5.93. The van der Waals surface area contributed by atoms with Gasteiger partial charge in [-0.25, -0.2) is 4.79 Å². The summed E-state index contributed by atoms with van der Waals surface area (Å²) in [6.07, 6.45) is 8.40. The number of quaternary nitrogens is 1. The lowest BCUT2D eigenvalue weighted by molar-refractivity contribution is -0.664. The molecule has 5 amide bonds. The molecule has 3 heterocycles. The Bertz CT molecular complexity index is 734. The highest BCUT2D eigenvalue weighted by atomic mass is 16.2. The third kappa shape index (κ3) is 5.96. The number of rotatable bonds is 4. The zero-order valence-corrected chi connectivity index (χ0v) is 19.5. The number of hydrogen-bond acceptors (Lipinski definition) is 4. The highest BCUT2D eigenvalue weighted by Crippen LogP contribution is 2.21. The van der Waals surface area contributed by atoms with Gasteiger partial charge in [-0.3, -0.25) is 14.4 Å². The van der Waals surface area contributed by atoms with Crippen LogP contribution >= 0.6 is 0 Å². The van der Waals surface area contributed by atoms with Crippen molar-refractivity contribution in [1.29, 1.82) is 0 Å². The average molecular weight is 464 g/mol. The Morgan fingerprint density at radius 1 is 0.909 bits per heavy atom. The molecule has 3 aliphatic heterocycles. The van der Waals surface area contributed by atoms with E-state index in [1.807, 2.05) is 0 Å². The molecule has 0 spiro atoms. The molecule has 4 aliphatic rings. The van der Waals surface area contributed by atoms with Crippen molar-refractivity contribution in [1.82, 2.24) is 25.8 Å². The van der Waals surface area contributed by atoms with Gasteiger partial charge in [0.15, 0.2) is 0 Å². The summed E-state index contributed by atoms with van der Waals surface area (Å²) in [5, 5.41) is 11.0. The monoisotopic (exact) mass is 463 g/mol. The molecular formula is C23H39N6O4+.